The highest BCUT2D eigenvalue weighted by Crippen LogP contribution is 2.61. The molecule has 0 aromatic carbocycles. The molecular weight excluding hydrogens is 256 g/mol. The van der Waals surface area contributed by atoms with E-state index in [4.69, 9.17) is 9.47 Å². The van der Waals surface area contributed by atoms with Gasteiger partial charge in [-0.25, -0.2) is 5.43 Å². The maximum atomic E-state index is 12.4. The molecule has 0 bridgehead atoms. The lowest BCUT2D eigenvalue weighted by molar-refractivity contribution is -0.234. The number of ether oxygens (including phenoxy) is 2. The number of carbonyl (C=O) groups excluding carboxylic acids is 1. The largest absolute Gasteiger partial charge is 0.347 e. The van der Waals surface area contributed by atoms with Crippen molar-refractivity contribution in [3.05, 3.63) is 11.6 Å². The molecule has 4 aliphatic rings. The Morgan fingerprint density at radius 2 is 2.00 bits per heavy atom. The van der Waals surface area contributed by atoms with Crippen molar-refractivity contribution < 1.29 is 14.3 Å². The summed E-state index contributed by atoms with van der Waals surface area (Å²) in [6.07, 6.45) is 5.72. The predicted molar refractivity (Wildman–Crippen MR) is 73.0 cm³/mol. The fraction of sp³-hybridized carbons (Fsp3) is 0.733. The maximum Gasteiger partial charge on any atom is 0.255 e. The van der Waals surface area contributed by atoms with Crippen molar-refractivity contribution in [2.75, 3.05) is 13.2 Å². The molecule has 5 nitrogen and oxygen atoms in total. The lowest BCUT2D eigenvalue weighted by Gasteiger charge is -2.54. The van der Waals surface area contributed by atoms with E-state index in [1.165, 1.54) is 0 Å². The topological polar surface area (TPSA) is 59.9 Å². The Balaban J connectivity index is 1.87. The van der Waals surface area contributed by atoms with E-state index in [1.807, 2.05) is 6.92 Å². The second kappa shape index (κ2) is 3.71. The molecule has 2 heterocycles. The van der Waals surface area contributed by atoms with Crippen molar-refractivity contribution in [1.82, 2.24) is 5.43 Å². The van der Waals surface area contributed by atoms with Gasteiger partial charge in [0.25, 0.3) is 5.91 Å². The van der Waals surface area contributed by atoms with Crippen molar-refractivity contribution in [2.24, 2.45) is 15.9 Å². The van der Waals surface area contributed by atoms with Crippen LogP contribution in [-0.4, -0.2) is 30.6 Å². The molecule has 1 saturated heterocycles. The smallest absolute Gasteiger partial charge is 0.255 e. The van der Waals surface area contributed by atoms with Gasteiger partial charge < -0.3 is 9.47 Å². The molecule has 1 saturated carbocycles. The zero-order valence-corrected chi connectivity index (χ0v) is 12.0. The summed E-state index contributed by atoms with van der Waals surface area (Å²) in [7, 11) is 0. The number of rotatable bonds is 0. The van der Waals surface area contributed by atoms with E-state index in [0.29, 0.717) is 13.2 Å². The van der Waals surface area contributed by atoms with Gasteiger partial charge in [-0.05, 0) is 31.8 Å². The number of carbonyl (C=O) groups is 1. The Labute approximate surface area is 118 Å². The van der Waals surface area contributed by atoms with Crippen LogP contribution in [-0.2, 0) is 14.3 Å². The fourth-order valence-electron chi connectivity index (χ4n) is 4.54. The quantitative estimate of drug-likeness (QED) is 0.686. The third kappa shape index (κ3) is 1.21. The Bertz CT molecular complexity index is 547. The van der Waals surface area contributed by atoms with Crippen LogP contribution in [0.15, 0.2) is 16.8 Å². The molecule has 1 amide bonds. The van der Waals surface area contributed by atoms with Crippen LogP contribution >= 0.6 is 0 Å². The number of amides is 1. The van der Waals surface area contributed by atoms with Crippen molar-refractivity contribution in [1.29, 1.82) is 0 Å². The number of hydrazone groups is 1. The highest BCUT2D eigenvalue weighted by atomic mass is 16.7. The molecule has 0 aromatic rings. The normalized spacial score (nSPS) is 41.8. The van der Waals surface area contributed by atoms with Crippen LogP contribution in [0.3, 0.4) is 0 Å². The van der Waals surface area contributed by atoms with Gasteiger partial charge >= 0.3 is 0 Å². The third-order valence-electron chi connectivity index (χ3n) is 5.74. The molecule has 2 atom stereocenters. The van der Waals surface area contributed by atoms with Crippen molar-refractivity contribution in [2.45, 2.75) is 45.3 Å². The average Bonchev–Trinajstić information content (AvgIpc) is 3.00. The van der Waals surface area contributed by atoms with E-state index in [-0.39, 0.29) is 11.3 Å². The Kier molecular flexibility index (Phi) is 2.32. The molecule has 1 N–H and O–H groups in total. The summed E-state index contributed by atoms with van der Waals surface area (Å²) in [5, 5.41) is 4.24. The Morgan fingerprint density at radius 3 is 2.75 bits per heavy atom. The SMILES string of the molecule is C[C@]12C(=O)NN=C1CC[C@]1(C)C2=CCCC12OCCO2. The molecule has 5 heteroatoms. The minimum atomic E-state index is -0.615. The zero-order chi connectivity index (χ0) is 14.0. The lowest BCUT2D eigenvalue weighted by atomic mass is 9.53. The third-order valence-corrected chi connectivity index (χ3v) is 5.74. The molecular formula is C15H20N2O3. The fourth-order valence-corrected chi connectivity index (χ4v) is 4.54. The first-order valence-corrected chi connectivity index (χ1v) is 7.39. The molecule has 1 spiro atoms. The Hall–Kier alpha value is -1.20. The van der Waals surface area contributed by atoms with E-state index in [0.717, 1.165) is 37.0 Å². The van der Waals surface area contributed by atoms with Crippen LogP contribution < -0.4 is 5.43 Å². The van der Waals surface area contributed by atoms with Gasteiger partial charge in [0, 0.05) is 11.8 Å². The van der Waals surface area contributed by atoms with Crippen molar-refractivity contribution in [3.63, 3.8) is 0 Å². The first-order chi connectivity index (χ1) is 9.53. The summed E-state index contributed by atoms with van der Waals surface area (Å²) in [6.45, 7) is 5.47. The molecule has 20 heavy (non-hydrogen) atoms. The van der Waals surface area contributed by atoms with E-state index in [9.17, 15) is 4.79 Å². The highest BCUT2D eigenvalue weighted by Gasteiger charge is 2.64. The first-order valence-electron chi connectivity index (χ1n) is 7.39. The van der Waals surface area contributed by atoms with Crippen LogP contribution in [0, 0.1) is 10.8 Å². The predicted octanol–water partition coefficient (Wildman–Crippen LogP) is 1.74. The van der Waals surface area contributed by atoms with Gasteiger partial charge in [-0.1, -0.05) is 13.0 Å². The van der Waals surface area contributed by atoms with E-state index in [2.05, 4.69) is 23.5 Å². The molecule has 0 aromatic heterocycles. The summed E-state index contributed by atoms with van der Waals surface area (Å²) >= 11 is 0. The minimum absolute atomic E-state index is 0.0141. The number of allylic oxidation sites excluding steroid dienone is 1. The molecule has 108 valence electrons. The molecule has 4 rings (SSSR count). The monoisotopic (exact) mass is 276 g/mol. The maximum absolute atomic E-state index is 12.4. The van der Waals surface area contributed by atoms with Gasteiger partial charge in [-0.15, -0.1) is 0 Å². The molecule has 0 radical (unpaired) electrons. The Morgan fingerprint density at radius 1 is 1.25 bits per heavy atom. The average molecular weight is 276 g/mol. The van der Waals surface area contributed by atoms with Crippen LogP contribution in [0.25, 0.3) is 0 Å². The van der Waals surface area contributed by atoms with E-state index < -0.39 is 11.2 Å². The number of fused-ring (bicyclic) bond motifs is 4. The highest BCUT2D eigenvalue weighted by molar-refractivity contribution is 6.15. The lowest BCUT2D eigenvalue weighted by Crippen LogP contribution is -2.58. The van der Waals surface area contributed by atoms with Crippen molar-refractivity contribution in [3.8, 4) is 0 Å². The second-order valence-electron chi connectivity index (χ2n) is 6.56. The minimum Gasteiger partial charge on any atom is -0.347 e. The van der Waals surface area contributed by atoms with Crippen LogP contribution in [0.5, 0.6) is 0 Å². The number of nitrogens with zero attached hydrogens (tertiary/aromatic N) is 1. The van der Waals surface area contributed by atoms with Crippen LogP contribution in [0.4, 0.5) is 0 Å². The molecule has 0 unspecified atom stereocenters. The molecule has 2 aliphatic heterocycles. The van der Waals surface area contributed by atoms with Crippen molar-refractivity contribution >= 4 is 11.6 Å². The summed E-state index contributed by atoms with van der Waals surface area (Å²) in [4.78, 5) is 12.4. The number of hydrogen-bond acceptors (Lipinski definition) is 4. The van der Waals surface area contributed by atoms with Crippen LogP contribution in [0.1, 0.15) is 39.5 Å². The molecule has 2 aliphatic carbocycles. The first kappa shape index (κ1) is 12.5. The summed E-state index contributed by atoms with van der Waals surface area (Å²) in [5.74, 6) is -0.561. The van der Waals surface area contributed by atoms with Crippen LogP contribution in [0.2, 0.25) is 0 Å². The van der Waals surface area contributed by atoms with Gasteiger partial charge in [-0.3, -0.25) is 4.79 Å². The van der Waals surface area contributed by atoms with Gasteiger partial charge in [0.1, 0.15) is 5.41 Å². The second-order valence-corrected chi connectivity index (χ2v) is 6.56. The van der Waals surface area contributed by atoms with Gasteiger partial charge in [0.05, 0.1) is 18.9 Å². The molecule has 2 fully saturated rings. The standard InChI is InChI=1S/C15H20N2O3/c1-13-7-5-11-14(2,12(18)17-16-11)10(13)4-3-6-15(13)19-8-9-20-15/h4H,3,5-9H2,1-2H3,(H,17,18)/t13-,14-/m1/s1. The number of nitrogens with one attached hydrogen (secondary N) is 1. The van der Waals surface area contributed by atoms with E-state index in [1.54, 1.807) is 0 Å². The van der Waals surface area contributed by atoms with E-state index >= 15 is 0 Å². The summed E-state index contributed by atoms with van der Waals surface area (Å²) < 4.78 is 12.1. The summed E-state index contributed by atoms with van der Waals surface area (Å²) in [5.41, 5.74) is 3.90. The van der Waals surface area contributed by atoms with Gasteiger partial charge in [-0.2, -0.15) is 5.10 Å². The summed E-state index contributed by atoms with van der Waals surface area (Å²) in [6, 6.07) is 0. The van der Waals surface area contributed by atoms with Gasteiger partial charge in [0.2, 0.25) is 0 Å². The number of hydrogen-bond donors (Lipinski definition) is 1. The van der Waals surface area contributed by atoms with Gasteiger partial charge in [0.15, 0.2) is 5.79 Å². The zero-order valence-electron chi connectivity index (χ0n) is 12.0.